The summed E-state index contributed by atoms with van der Waals surface area (Å²) >= 11 is 0. The molecule has 0 fully saturated rings. The van der Waals surface area contributed by atoms with E-state index in [2.05, 4.69) is 18.1 Å². The van der Waals surface area contributed by atoms with E-state index in [0.29, 0.717) is 11.1 Å². The van der Waals surface area contributed by atoms with E-state index in [-0.39, 0.29) is 11.4 Å². The fraction of sp³-hybridized carbons (Fsp3) is 0. The SMILES string of the molecule is C=Cc1cc(=O)[nH]c(O)c1C=C. The normalized spacial score (nSPS) is 9.33. The third-order valence-corrected chi connectivity index (χ3v) is 1.52. The average Bonchev–Trinajstić information content (AvgIpc) is 2.03. The lowest BCUT2D eigenvalue weighted by Gasteiger charge is -2.01. The number of rotatable bonds is 2. The quantitative estimate of drug-likeness (QED) is 0.691. The lowest BCUT2D eigenvalue weighted by atomic mass is 10.1. The van der Waals surface area contributed by atoms with Gasteiger partial charge in [0.25, 0.3) is 5.56 Å². The van der Waals surface area contributed by atoms with Crippen LogP contribution < -0.4 is 5.56 Å². The molecule has 0 atom stereocenters. The van der Waals surface area contributed by atoms with E-state index >= 15 is 0 Å². The largest absolute Gasteiger partial charge is 0.494 e. The van der Waals surface area contributed by atoms with Crippen LogP contribution in [0.3, 0.4) is 0 Å². The van der Waals surface area contributed by atoms with E-state index in [9.17, 15) is 9.90 Å². The zero-order valence-corrected chi connectivity index (χ0v) is 6.50. The second-order valence-corrected chi connectivity index (χ2v) is 2.26. The van der Waals surface area contributed by atoms with E-state index in [4.69, 9.17) is 0 Å². The first-order valence-electron chi connectivity index (χ1n) is 3.40. The molecule has 1 aromatic rings. The topological polar surface area (TPSA) is 53.1 Å². The van der Waals surface area contributed by atoms with Crippen LogP contribution in [0.25, 0.3) is 12.2 Å². The van der Waals surface area contributed by atoms with Crippen LogP contribution in [-0.2, 0) is 0 Å². The maximum atomic E-state index is 10.8. The predicted molar refractivity (Wildman–Crippen MR) is 48.9 cm³/mol. The van der Waals surface area contributed by atoms with E-state index < -0.39 is 0 Å². The molecule has 0 aromatic carbocycles. The minimum atomic E-state index is -0.354. The predicted octanol–water partition coefficient (Wildman–Crippen LogP) is 1.37. The molecule has 3 heteroatoms. The van der Waals surface area contributed by atoms with Gasteiger partial charge in [0.2, 0.25) is 0 Å². The molecule has 0 bridgehead atoms. The van der Waals surface area contributed by atoms with E-state index in [0.717, 1.165) is 0 Å². The fourth-order valence-corrected chi connectivity index (χ4v) is 0.959. The summed E-state index contributed by atoms with van der Waals surface area (Å²) in [5.41, 5.74) is 0.712. The zero-order valence-electron chi connectivity index (χ0n) is 6.50. The van der Waals surface area contributed by atoms with Gasteiger partial charge < -0.3 is 5.11 Å². The highest BCUT2D eigenvalue weighted by molar-refractivity contribution is 5.66. The van der Waals surface area contributed by atoms with E-state index in [1.807, 2.05) is 0 Å². The Morgan fingerprint density at radius 2 is 2.08 bits per heavy atom. The van der Waals surface area contributed by atoms with Crippen molar-refractivity contribution >= 4 is 12.2 Å². The number of aromatic hydroxyl groups is 1. The molecule has 2 N–H and O–H groups in total. The van der Waals surface area contributed by atoms with Crippen LogP contribution in [0.15, 0.2) is 24.0 Å². The number of aromatic nitrogens is 1. The minimum absolute atomic E-state index is 0.174. The van der Waals surface area contributed by atoms with Crippen molar-refractivity contribution in [3.63, 3.8) is 0 Å². The van der Waals surface area contributed by atoms with Crippen LogP contribution in [0.2, 0.25) is 0 Å². The van der Waals surface area contributed by atoms with E-state index in [1.54, 1.807) is 0 Å². The summed E-state index contributed by atoms with van der Waals surface area (Å²) in [6, 6.07) is 1.35. The van der Waals surface area contributed by atoms with Crippen LogP contribution >= 0.6 is 0 Å². The minimum Gasteiger partial charge on any atom is -0.494 e. The average molecular weight is 163 g/mol. The number of hydrogen-bond acceptors (Lipinski definition) is 2. The van der Waals surface area contributed by atoms with Gasteiger partial charge in [-0.25, -0.2) is 0 Å². The smallest absolute Gasteiger partial charge is 0.251 e. The molecule has 0 unspecified atom stereocenters. The van der Waals surface area contributed by atoms with Crippen molar-refractivity contribution in [3.8, 4) is 5.88 Å². The molecule has 0 saturated heterocycles. The van der Waals surface area contributed by atoms with E-state index in [1.165, 1.54) is 18.2 Å². The lowest BCUT2D eigenvalue weighted by Crippen LogP contribution is -2.05. The Labute approximate surface area is 69.7 Å². The van der Waals surface area contributed by atoms with Gasteiger partial charge in [-0.05, 0) is 5.56 Å². The molecular formula is C9H9NO2. The Hall–Kier alpha value is -1.77. The number of nitrogens with one attached hydrogen (secondary N) is 1. The molecule has 0 amide bonds. The summed E-state index contributed by atoms with van der Waals surface area (Å²) in [7, 11) is 0. The molecule has 1 rings (SSSR count). The molecule has 3 nitrogen and oxygen atoms in total. The van der Waals surface area contributed by atoms with Crippen LogP contribution in [0.1, 0.15) is 11.1 Å². The van der Waals surface area contributed by atoms with Gasteiger partial charge in [0.15, 0.2) is 5.88 Å². The lowest BCUT2D eigenvalue weighted by molar-refractivity contribution is 0.450. The molecule has 0 radical (unpaired) electrons. The Morgan fingerprint density at radius 1 is 1.42 bits per heavy atom. The van der Waals surface area contributed by atoms with Crippen LogP contribution in [0.5, 0.6) is 5.88 Å². The standard InChI is InChI=1S/C9H9NO2/c1-3-6-5-8(11)10-9(12)7(6)4-2/h3-5H,1-2H2,(H2,10,11,12). The highest BCUT2D eigenvalue weighted by atomic mass is 16.3. The van der Waals surface area contributed by atoms with Gasteiger partial charge in [-0.2, -0.15) is 0 Å². The van der Waals surface area contributed by atoms with Crippen LogP contribution in [0.4, 0.5) is 0 Å². The molecule has 1 aromatic heterocycles. The number of aromatic amines is 1. The maximum Gasteiger partial charge on any atom is 0.251 e. The zero-order chi connectivity index (χ0) is 9.14. The summed E-state index contributed by atoms with van der Waals surface area (Å²) in [6.07, 6.45) is 2.95. The first-order valence-corrected chi connectivity index (χ1v) is 3.40. The summed E-state index contributed by atoms with van der Waals surface area (Å²) in [5.74, 6) is -0.174. The molecule has 12 heavy (non-hydrogen) atoms. The molecule has 0 aliphatic rings. The molecule has 62 valence electrons. The van der Waals surface area contributed by atoms with Crippen molar-refractivity contribution in [1.29, 1.82) is 0 Å². The molecule has 0 saturated carbocycles. The van der Waals surface area contributed by atoms with Crippen molar-refractivity contribution in [1.82, 2.24) is 4.98 Å². The maximum absolute atomic E-state index is 10.8. The van der Waals surface area contributed by atoms with Gasteiger partial charge >= 0.3 is 0 Å². The molecule has 0 aliphatic carbocycles. The van der Waals surface area contributed by atoms with Gasteiger partial charge in [-0.3, -0.25) is 9.78 Å². The Morgan fingerprint density at radius 3 is 2.58 bits per heavy atom. The van der Waals surface area contributed by atoms with Crippen LogP contribution in [0, 0.1) is 0 Å². The van der Waals surface area contributed by atoms with Crippen molar-refractivity contribution in [2.45, 2.75) is 0 Å². The molecule has 1 heterocycles. The highest BCUT2D eigenvalue weighted by Gasteiger charge is 2.02. The Kier molecular flexibility index (Phi) is 2.14. The van der Waals surface area contributed by atoms with Gasteiger partial charge in [-0.1, -0.05) is 25.3 Å². The fourth-order valence-electron chi connectivity index (χ4n) is 0.959. The summed E-state index contributed by atoms with van der Waals surface area (Å²) < 4.78 is 0. The van der Waals surface area contributed by atoms with Gasteiger partial charge in [-0.15, -0.1) is 0 Å². The third kappa shape index (κ3) is 1.29. The van der Waals surface area contributed by atoms with Gasteiger partial charge in [0.05, 0.1) is 0 Å². The molecule has 0 aliphatic heterocycles. The number of hydrogen-bond donors (Lipinski definition) is 2. The number of H-pyrrole nitrogens is 1. The highest BCUT2D eigenvalue weighted by Crippen LogP contribution is 2.17. The van der Waals surface area contributed by atoms with Gasteiger partial charge in [0, 0.05) is 11.6 Å². The van der Waals surface area contributed by atoms with Gasteiger partial charge in [0.1, 0.15) is 0 Å². The van der Waals surface area contributed by atoms with Crippen molar-refractivity contribution in [2.24, 2.45) is 0 Å². The van der Waals surface area contributed by atoms with Crippen LogP contribution in [-0.4, -0.2) is 10.1 Å². The third-order valence-electron chi connectivity index (χ3n) is 1.52. The first-order chi connectivity index (χ1) is 5.69. The Bertz CT molecular complexity index is 377. The molecule has 0 spiro atoms. The summed E-state index contributed by atoms with van der Waals surface area (Å²) in [4.78, 5) is 13.1. The molecular weight excluding hydrogens is 154 g/mol. The second-order valence-electron chi connectivity index (χ2n) is 2.26. The first kappa shape index (κ1) is 8.33. The summed E-state index contributed by atoms with van der Waals surface area (Å²) in [6.45, 7) is 7.01. The Balaban J connectivity index is 3.53. The van der Waals surface area contributed by atoms with Crippen molar-refractivity contribution in [2.75, 3.05) is 0 Å². The van der Waals surface area contributed by atoms with Crippen molar-refractivity contribution in [3.05, 3.63) is 40.7 Å². The van der Waals surface area contributed by atoms with Crippen molar-refractivity contribution < 1.29 is 5.11 Å². The summed E-state index contributed by atoms with van der Waals surface area (Å²) in [5, 5.41) is 9.23. The monoisotopic (exact) mass is 163 g/mol. The number of pyridine rings is 1. The second kappa shape index (κ2) is 3.09.